The van der Waals surface area contributed by atoms with Crippen molar-refractivity contribution < 1.29 is 13.2 Å². The van der Waals surface area contributed by atoms with Gasteiger partial charge in [-0.1, -0.05) is 12.5 Å². The van der Waals surface area contributed by atoms with E-state index in [9.17, 15) is 13.2 Å². The van der Waals surface area contributed by atoms with E-state index in [1.165, 1.54) is 30.6 Å². The van der Waals surface area contributed by atoms with Crippen molar-refractivity contribution >= 4 is 27.3 Å². The van der Waals surface area contributed by atoms with Gasteiger partial charge in [0.05, 0.1) is 0 Å². The summed E-state index contributed by atoms with van der Waals surface area (Å²) in [6.45, 7) is 3.71. The van der Waals surface area contributed by atoms with E-state index in [1.54, 1.807) is 17.5 Å². The van der Waals surface area contributed by atoms with E-state index < -0.39 is 10.0 Å². The van der Waals surface area contributed by atoms with Gasteiger partial charge in [-0.25, -0.2) is 13.1 Å². The van der Waals surface area contributed by atoms with Gasteiger partial charge in [-0.05, 0) is 50.0 Å². The standard InChI is InChI=1S/C19H29N3O3S2/c23-19(22-12-10-21(11-13-22)17-3-1-4-17)15-6-8-16(9-7-15)20-27(24,25)18-5-2-14-26-18/h2,5,14-17,20H,1,3-4,6-13H2. The molecule has 27 heavy (non-hydrogen) atoms. The smallest absolute Gasteiger partial charge is 0.250 e. The number of carbonyl (C=O) groups excluding carboxylic acids is 1. The Hall–Kier alpha value is -0.960. The highest BCUT2D eigenvalue weighted by Crippen LogP contribution is 2.29. The van der Waals surface area contributed by atoms with Crippen LogP contribution in [-0.2, 0) is 14.8 Å². The van der Waals surface area contributed by atoms with Crippen LogP contribution in [-0.4, -0.2) is 62.4 Å². The minimum atomic E-state index is -3.42. The third-order valence-corrected chi connectivity index (χ3v) is 9.29. The number of nitrogens with one attached hydrogen (secondary N) is 1. The Morgan fingerprint density at radius 3 is 2.30 bits per heavy atom. The van der Waals surface area contributed by atoms with Gasteiger partial charge < -0.3 is 4.90 Å². The first-order valence-corrected chi connectivity index (χ1v) is 12.5. The van der Waals surface area contributed by atoms with Crippen molar-refractivity contribution in [1.82, 2.24) is 14.5 Å². The van der Waals surface area contributed by atoms with Crippen molar-refractivity contribution in [1.29, 1.82) is 0 Å². The summed E-state index contributed by atoms with van der Waals surface area (Å²) in [4.78, 5) is 17.4. The largest absolute Gasteiger partial charge is 0.340 e. The lowest BCUT2D eigenvalue weighted by Crippen LogP contribution is -2.54. The van der Waals surface area contributed by atoms with Gasteiger partial charge in [-0.15, -0.1) is 11.3 Å². The van der Waals surface area contributed by atoms with E-state index in [4.69, 9.17) is 0 Å². The van der Waals surface area contributed by atoms with Crippen LogP contribution in [0.3, 0.4) is 0 Å². The summed E-state index contributed by atoms with van der Waals surface area (Å²) in [6, 6.07) is 4.08. The molecule has 0 spiro atoms. The molecule has 150 valence electrons. The van der Waals surface area contributed by atoms with Gasteiger partial charge in [-0.3, -0.25) is 9.69 Å². The fourth-order valence-electron chi connectivity index (χ4n) is 4.47. The molecule has 3 fully saturated rings. The number of hydrogen-bond donors (Lipinski definition) is 1. The maximum Gasteiger partial charge on any atom is 0.250 e. The summed E-state index contributed by atoms with van der Waals surface area (Å²) < 4.78 is 27.9. The molecular formula is C19H29N3O3S2. The van der Waals surface area contributed by atoms with E-state index in [2.05, 4.69) is 9.62 Å². The molecule has 1 aromatic heterocycles. The summed E-state index contributed by atoms with van der Waals surface area (Å²) in [7, 11) is -3.42. The van der Waals surface area contributed by atoms with E-state index >= 15 is 0 Å². The minimum Gasteiger partial charge on any atom is -0.340 e. The van der Waals surface area contributed by atoms with E-state index in [1.807, 2.05) is 4.90 Å². The van der Waals surface area contributed by atoms with Crippen LogP contribution in [0.25, 0.3) is 0 Å². The zero-order valence-electron chi connectivity index (χ0n) is 15.7. The van der Waals surface area contributed by atoms with Crippen molar-refractivity contribution in [3.63, 3.8) is 0 Å². The van der Waals surface area contributed by atoms with E-state index in [0.29, 0.717) is 4.21 Å². The second-order valence-electron chi connectivity index (χ2n) is 8.05. The molecule has 3 aliphatic rings. The topological polar surface area (TPSA) is 69.7 Å². The van der Waals surface area contributed by atoms with Gasteiger partial charge in [0.2, 0.25) is 15.9 Å². The zero-order chi connectivity index (χ0) is 18.9. The van der Waals surface area contributed by atoms with Gasteiger partial charge in [0.25, 0.3) is 0 Å². The van der Waals surface area contributed by atoms with Crippen LogP contribution in [0, 0.1) is 5.92 Å². The molecule has 2 heterocycles. The van der Waals surface area contributed by atoms with Crippen molar-refractivity contribution in [2.24, 2.45) is 5.92 Å². The molecule has 0 aromatic carbocycles. The third kappa shape index (κ3) is 4.39. The molecule has 1 aromatic rings. The molecule has 1 saturated heterocycles. The molecule has 1 amide bonds. The van der Waals surface area contributed by atoms with Crippen molar-refractivity contribution in [2.75, 3.05) is 26.2 Å². The van der Waals surface area contributed by atoms with Crippen molar-refractivity contribution in [2.45, 2.75) is 61.2 Å². The number of piperazine rings is 1. The molecule has 0 atom stereocenters. The van der Waals surface area contributed by atoms with Crippen LogP contribution in [0.15, 0.2) is 21.7 Å². The molecule has 0 radical (unpaired) electrons. The van der Waals surface area contributed by atoms with Crippen LogP contribution >= 0.6 is 11.3 Å². The number of amides is 1. The molecule has 2 aliphatic carbocycles. The molecule has 8 heteroatoms. The van der Waals surface area contributed by atoms with Crippen LogP contribution in [0.4, 0.5) is 0 Å². The fourth-order valence-corrected chi connectivity index (χ4v) is 6.78. The predicted octanol–water partition coefficient (Wildman–Crippen LogP) is 2.28. The second-order valence-corrected chi connectivity index (χ2v) is 10.9. The SMILES string of the molecule is O=C(C1CCC(NS(=O)(=O)c2cccs2)CC1)N1CCN(C2CCC2)CC1. The zero-order valence-corrected chi connectivity index (χ0v) is 17.3. The van der Waals surface area contributed by atoms with Gasteiger partial charge in [0.1, 0.15) is 4.21 Å². The lowest BCUT2D eigenvalue weighted by molar-refractivity contribution is -0.139. The number of sulfonamides is 1. The normalized spacial score (nSPS) is 28.1. The molecule has 1 aliphatic heterocycles. The second kappa shape index (κ2) is 8.19. The summed E-state index contributed by atoms with van der Waals surface area (Å²) in [5, 5.41) is 1.77. The van der Waals surface area contributed by atoms with Gasteiger partial charge >= 0.3 is 0 Å². The van der Waals surface area contributed by atoms with Crippen LogP contribution < -0.4 is 4.72 Å². The molecule has 1 N–H and O–H groups in total. The van der Waals surface area contributed by atoms with Gasteiger partial charge in [-0.2, -0.15) is 0 Å². The first-order chi connectivity index (χ1) is 13.0. The first-order valence-electron chi connectivity index (χ1n) is 10.1. The summed E-state index contributed by atoms with van der Waals surface area (Å²) in [5.41, 5.74) is 0. The van der Waals surface area contributed by atoms with E-state index in [-0.39, 0.29) is 17.9 Å². The molecule has 0 unspecified atom stereocenters. The molecule has 2 saturated carbocycles. The Morgan fingerprint density at radius 2 is 1.74 bits per heavy atom. The summed E-state index contributed by atoms with van der Waals surface area (Å²) in [5.74, 6) is 0.338. The average Bonchev–Trinajstić information content (AvgIpc) is 3.16. The maximum absolute atomic E-state index is 12.9. The summed E-state index contributed by atoms with van der Waals surface area (Å²) in [6.07, 6.45) is 7.02. The molecule has 6 nitrogen and oxygen atoms in total. The molecule has 4 rings (SSSR count). The lowest BCUT2D eigenvalue weighted by atomic mass is 9.85. The highest BCUT2D eigenvalue weighted by atomic mass is 32.2. The fraction of sp³-hybridized carbons (Fsp3) is 0.737. The summed E-state index contributed by atoms with van der Waals surface area (Å²) >= 11 is 1.24. The lowest BCUT2D eigenvalue weighted by Gasteiger charge is -2.44. The molecule has 0 bridgehead atoms. The highest BCUT2D eigenvalue weighted by Gasteiger charge is 2.34. The monoisotopic (exact) mass is 411 g/mol. The first kappa shape index (κ1) is 19.4. The van der Waals surface area contributed by atoms with Crippen LogP contribution in [0.1, 0.15) is 44.9 Å². The quantitative estimate of drug-likeness (QED) is 0.807. The van der Waals surface area contributed by atoms with Gasteiger partial charge in [0, 0.05) is 44.2 Å². The highest BCUT2D eigenvalue weighted by molar-refractivity contribution is 7.91. The van der Waals surface area contributed by atoms with Crippen molar-refractivity contribution in [3.05, 3.63) is 17.5 Å². The van der Waals surface area contributed by atoms with Gasteiger partial charge in [0.15, 0.2) is 0 Å². The minimum absolute atomic E-state index is 0.0581. The van der Waals surface area contributed by atoms with Crippen LogP contribution in [0.5, 0.6) is 0 Å². The van der Waals surface area contributed by atoms with Crippen molar-refractivity contribution in [3.8, 4) is 0 Å². The Bertz CT molecular complexity index is 730. The number of nitrogens with zero attached hydrogens (tertiary/aromatic N) is 2. The third-order valence-electron chi connectivity index (χ3n) is 6.38. The Morgan fingerprint density at radius 1 is 1.04 bits per heavy atom. The average molecular weight is 412 g/mol. The maximum atomic E-state index is 12.9. The Labute approximate surface area is 166 Å². The van der Waals surface area contributed by atoms with Crippen LogP contribution in [0.2, 0.25) is 0 Å². The number of carbonyl (C=O) groups is 1. The number of hydrogen-bond acceptors (Lipinski definition) is 5. The van der Waals surface area contributed by atoms with E-state index in [0.717, 1.165) is 57.9 Å². The molecular weight excluding hydrogens is 382 g/mol. The predicted molar refractivity (Wildman–Crippen MR) is 106 cm³/mol. The number of rotatable bonds is 5. The number of thiophene rings is 1. The Balaban J connectivity index is 1.24. The Kier molecular flexibility index (Phi) is 5.87.